The summed E-state index contributed by atoms with van der Waals surface area (Å²) in [5.41, 5.74) is 0.989. The van der Waals surface area contributed by atoms with Crippen molar-refractivity contribution in [3.63, 3.8) is 0 Å². The third-order valence-corrected chi connectivity index (χ3v) is 2.31. The van der Waals surface area contributed by atoms with Crippen LogP contribution < -0.4 is 14.8 Å². The molecule has 0 saturated carbocycles. The van der Waals surface area contributed by atoms with E-state index < -0.39 is 0 Å². The first kappa shape index (κ1) is 12.6. The second kappa shape index (κ2) is 6.90. The zero-order valence-electron chi connectivity index (χ0n) is 10.1. The Morgan fingerprint density at radius 1 is 1.19 bits per heavy atom. The van der Waals surface area contributed by atoms with E-state index in [0.717, 1.165) is 30.0 Å². The van der Waals surface area contributed by atoms with E-state index in [-0.39, 0.29) is 0 Å². The predicted molar refractivity (Wildman–Crippen MR) is 67.1 cm³/mol. The van der Waals surface area contributed by atoms with Crippen LogP contribution in [-0.2, 0) is 0 Å². The summed E-state index contributed by atoms with van der Waals surface area (Å²) in [6, 6.07) is 5.78. The van der Waals surface area contributed by atoms with Crippen LogP contribution in [0.15, 0.2) is 24.3 Å². The first-order chi connectivity index (χ1) is 7.83. The molecular weight excluding hydrogens is 202 g/mol. The third-order valence-electron chi connectivity index (χ3n) is 2.31. The zero-order valence-corrected chi connectivity index (χ0v) is 10.1. The molecule has 0 atom stereocenters. The minimum atomic E-state index is 0.833. The van der Waals surface area contributed by atoms with Crippen LogP contribution in [0.3, 0.4) is 0 Å². The minimum Gasteiger partial charge on any atom is -0.496 e. The highest BCUT2D eigenvalue weighted by atomic mass is 16.5. The van der Waals surface area contributed by atoms with Gasteiger partial charge in [-0.25, -0.2) is 0 Å². The summed E-state index contributed by atoms with van der Waals surface area (Å²) in [5, 5.41) is 3.10. The summed E-state index contributed by atoms with van der Waals surface area (Å²) in [7, 11) is 5.27. The number of ether oxygens (including phenoxy) is 2. The van der Waals surface area contributed by atoms with Crippen LogP contribution in [0.25, 0.3) is 6.08 Å². The van der Waals surface area contributed by atoms with Gasteiger partial charge in [-0.2, -0.15) is 0 Å². The molecule has 0 saturated heterocycles. The highest BCUT2D eigenvalue weighted by Crippen LogP contribution is 2.29. The Kier molecular flexibility index (Phi) is 5.43. The monoisotopic (exact) mass is 221 g/mol. The minimum absolute atomic E-state index is 0.833. The molecule has 0 aliphatic rings. The van der Waals surface area contributed by atoms with Crippen molar-refractivity contribution >= 4 is 6.08 Å². The van der Waals surface area contributed by atoms with Gasteiger partial charge in [0.05, 0.1) is 19.8 Å². The largest absolute Gasteiger partial charge is 0.496 e. The fraction of sp³-hybridized carbons (Fsp3) is 0.385. The third kappa shape index (κ3) is 3.28. The van der Waals surface area contributed by atoms with E-state index in [4.69, 9.17) is 9.47 Å². The van der Waals surface area contributed by atoms with Crippen molar-refractivity contribution in [3.05, 3.63) is 29.8 Å². The summed E-state index contributed by atoms with van der Waals surface area (Å²) in [4.78, 5) is 0. The van der Waals surface area contributed by atoms with Crippen LogP contribution in [0, 0.1) is 0 Å². The predicted octanol–water partition coefficient (Wildman–Crippen LogP) is 2.33. The maximum absolute atomic E-state index is 5.30. The van der Waals surface area contributed by atoms with E-state index in [1.807, 2.05) is 31.3 Å². The first-order valence-electron chi connectivity index (χ1n) is 5.35. The number of methoxy groups -OCH3 is 2. The smallest absolute Gasteiger partial charge is 0.129 e. The number of rotatable bonds is 6. The molecule has 3 heteroatoms. The number of hydrogen-bond donors (Lipinski definition) is 1. The van der Waals surface area contributed by atoms with Crippen molar-refractivity contribution in [1.29, 1.82) is 0 Å². The molecule has 0 amide bonds. The zero-order chi connectivity index (χ0) is 11.8. The highest BCUT2D eigenvalue weighted by molar-refractivity contribution is 5.64. The summed E-state index contributed by atoms with van der Waals surface area (Å²) < 4.78 is 10.6. The van der Waals surface area contributed by atoms with Crippen molar-refractivity contribution in [2.24, 2.45) is 0 Å². The van der Waals surface area contributed by atoms with Gasteiger partial charge >= 0.3 is 0 Å². The van der Waals surface area contributed by atoms with Crippen molar-refractivity contribution in [2.75, 3.05) is 27.8 Å². The molecule has 0 bridgehead atoms. The Bertz CT molecular complexity index is 326. The quantitative estimate of drug-likeness (QED) is 0.748. The Labute approximate surface area is 97.1 Å². The molecule has 0 spiro atoms. The lowest BCUT2D eigenvalue weighted by atomic mass is 10.1. The second-order valence-electron chi connectivity index (χ2n) is 3.37. The topological polar surface area (TPSA) is 30.5 Å². The fourth-order valence-electron chi connectivity index (χ4n) is 1.47. The first-order valence-corrected chi connectivity index (χ1v) is 5.35. The van der Waals surface area contributed by atoms with Crippen LogP contribution in [0.2, 0.25) is 0 Å². The lowest BCUT2D eigenvalue weighted by molar-refractivity contribution is 0.392. The number of nitrogens with one attached hydrogen (secondary N) is 1. The van der Waals surface area contributed by atoms with Gasteiger partial charge in [-0.3, -0.25) is 0 Å². The SMILES string of the molecule is CNCCC=Cc1c(OC)cccc1OC. The van der Waals surface area contributed by atoms with Gasteiger partial charge in [-0.15, -0.1) is 0 Å². The summed E-state index contributed by atoms with van der Waals surface area (Å²) in [6.07, 6.45) is 5.13. The standard InChI is InChI=1S/C13H19NO2/c1-14-10-5-4-7-11-12(15-2)8-6-9-13(11)16-3/h4,6-9,14H,5,10H2,1-3H3. The van der Waals surface area contributed by atoms with E-state index in [9.17, 15) is 0 Å². The molecular formula is C13H19NO2. The molecule has 0 radical (unpaired) electrons. The molecule has 0 unspecified atom stereocenters. The molecule has 0 heterocycles. The van der Waals surface area contributed by atoms with E-state index >= 15 is 0 Å². The average Bonchev–Trinajstić information content (AvgIpc) is 2.34. The van der Waals surface area contributed by atoms with Crippen molar-refractivity contribution in [2.45, 2.75) is 6.42 Å². The van der Waals surface area contributed by atoms with Crippen LogP contribution in [-0.4, -0.2) is 27.8 Å². The number of hydrogen-bond acceptors (Lipinski definition) is 3. The molecule has 0 aliphatic heterocycles. The Morgan fingerprint density at radius 3 is 2.31 bits per heavy atom. The molecule has 0 aromatic heterocycles. The van der Waals surface area contributed by atoms with Crippen LogP contribution in [0.4, 0.5) is 0 Å². The fourth-order valence-corrected chi connectivity index (χ4v) is 1.47. The van der Waals surface area contributed by atoms with Crippen molar-refractivity contribution < 1.29 is 9.47 Å². The van der Waals surface area contributed by atoms with Gasteiger partial charge in [0.2, 0.25) is 0 Å². The van der Waals surface area contributed by atoms with Gasteiger partial charge in [0.15, 0.2) is 0 Å². The average molecular weight is 221 g/mol. The molecule has 1 rings (SSSR count). The molecule has 88 valence electrons. The van der Waals surface area contributed by atoms with Gasteiger partial charge in [-0.1, -0.05) is 18.2 Å². The van der Waals surface area contributed by atoms with Crippen molar-refractivity contribution in [3.8, 4) is 11.5 Å². The highest BCUT2D eigenvalue weighted by Gasteiger charge is 2.05. The molecule has 0 aliphatic carbocycles. The van der Waals surface area contributed by atoms with Gasteiger partial charge in [-0.05, 0) is 32.1 Å². The van der Waals surface area contributed by atoms with E-state index in [2.05, 4.69) is 11.4 Å². The Hall–Kier alpha value is -1.48. The molecule has 1 aromatic rings. The summed E-state index contributed by atoms with van der Waals surface area (Å²) in [5.74, 6) is 1.67. The lowest BCUT2D eigenvalue weighted by Crippen LogP contribution is -2.05. The van der Waals surface area contributed by atoms with Gasteiger partial charge in [0.25, 0.3) is 0 Å². The van der Waals surface area contributed by atoms with E-state index in [1.54, 1.807) is 14.2 Å². The Balaban J connectivity index is 2.86. The molecule has 0 fully saturated rings. The van der Waals surface area contributed by atoms with Crippen molar-refractivity contribution in [1.82, 2.24) is 5.32 Å². The van der Waals surface area contributed by atoms with Crippen LogP contribution >= 0.6 is 0 Å². The maximum Gasteiger partial charge on any atom is 0.129 e. The normalized spacial score (nSPS) is 10.7. The second-order valence-corrected chi connectivity index (χ2v) is 3.37. The molecule has 3 nitrogen and oxygen atoms in total. The van der Waals surface area contributed by atoms with E-state index in [1.165, 1.54) is 0 Å². The maximum atomic E-state index is 5.30. The van der Waals surface area contributed by atoms with Gasteiger partial charge in [0.1, 0.15) is 11.5 Å². The summed E-state index contributed by atoms with van der Waals surface area (Å²) >= 11 is 0. The van der Waals surface area contributed by atoms with Gasteiger partial charge in [0, 0.05) is 0 Å². The van der Waals surface area contributed by atoms with Gasteiger partial charge < -0.3 is 14.8 Å². The summed E-state index contributed by atoms with van der Waals surface area (Å²) in [6.45, 7) is 0.966. The number of benzene rings is 1. The Morgan fingerprint density at radius 2 is 1.81 bits per heavy atom. The molecule has 1 aromatic carbocycles. The lowest BCUT2D eigenvalue weighted by Gasteiger charge is -2.09. The van der Waals surface area contributed by atoms with E-state index in [0.29, 0.717) is 0 Å². The molecule has 16 heavy (non-hydrogen) atoms. The van der Waals surface area contributed by atoms with Crippen LogP contribution in [0.5, 0.6) is 11.5 Å². The molecule has 1 N–H and O–H groups in total. The van der Waals surface area contributed by atoms with Crippen LogP contribution in [0.1, 0.15) is 12.0 Å².